The lowest BCUT2D eigenvalue weighted by molar-refractivity contribution is 0.0982. The van der Waals surface area contributed by atoms with Crippen molar-refractivity contribution in [2.24, 2.45) is 0 Å². The van der Waals surface area contributed by atoms with Gasteiger partial charge in [-0.3, -0.25) is 4.79 Å². The minimum atomic E-state index is -0.0514. The zero-order valence-corrected chi connectivity index (χ0v) is 11.0. The monoisotopic (exact) mass is 239 g/mol. The first kappa shape index (κ1) is 13.2. The summed E-state index contributed by atoms with van der Waals surface area (Å²) >= 11 is 5.98. The number of hydrogen-bond donors (Lipinski definition) is 1. The van der Waals surface area contributed by atoms with Gasteiger partial charge in [-0.15, -0.1) is 0 Å². The zero-order valence-electron chi connectivity index (χ0n) is 10.2. The molecule has 3 heteroatoms. The number of rotatable bonds is 3. The van der Waals surface area contributed by atoms with Crippen LogP contribution in [0.2, 0.25) is 5.02 Å². The number of carbonyl (C=O) groups excluding carboxylic acids is 1. The quantitative estimate of drug-likeness (QED) is 0.821. The van der Waals surface area contributed by atoms with Crippen LogP contribution >= 0.6 is 11.6 Å². The molecule has 0 spiro atoms. The first-order chi connectivity index (χ1) is 7.29. The first-order valence-electron chi connectivity index (χ1n) is 5.34. The number of carbonyl (C=O) groups is 1. The Morgan fingerprint density at radius 2 is 2.00 bits per heavy atom. The van der Waals surface area contributed by atoms with Gasteiger partial charge in [0.25, 0.3) is 0 Å². The summed E-state index contributed by atoms with van der Waals surface area (Å²) in [7, 11) is 0. The highest BCUT2D eigenvalue weighted by Gasteiger charge is 2.13. The lowest BCUT2D eigenvalue weighted by Crippen LogP contribution is -2.39. The van der Waals surface area contributed by atoms with Gasteiger partial charge in [0.15, 0.2) is 5.78 Å². The Hall–Kier alpha value is -0.860. The zero-order chi connectivity index (χ0) is 12.3. The summed E-state index contributed by atoms with van der Waals surface area (Å²) in [5, 5.41) is 3.80. The van der Waals surface area contributed by atoms with E-state index in [4.69, 9.17) is 11.6 Å². The summed E-state index contributed by atoms with van der Waals surface area (Å²) in [6, 6.07) is 5.41. The van der Waals surface area contributed by atoms with Gasteiger partial charge < -0.3 is 5.32 Å². The highest BCUT2D eigenvalue weighted by atomic mass is 35.5. The molecule has 88 valence electrons. The van der Waals surface area contributed by atoms with E-state index in [1.807, 2.05) is 39.8 Å². The topological polar surface area (TPSA) is 29.1 Å². The van der Waals surface area contributed by atoms with Gasteiger partial charge in [-0.05, 0) is 39.3 Å². The second-order valence-electron chi connectivity index (χ2n) is 4.99. The summed E-state index contributed by atoms with van der Waals surface area (Å²) < 4.78 is 0. The fourth-order valence-electron chi connectivity index (χ4n) is 1.21. The molecule has 0 atom stereocenters. The molecule has 0 saturated heterocycles. The van der Waals surface area contributed by atoms with Gasteiger partial charge in [-0.1, -0.05) is 23.7 Å². The maximum Gasteiger partial charge on any atom is 0.176 e. The number of Topliss-reactive ketones (excluding diaryl/α,β-unsaturated/α-hetero) is 1. The van der Waals surface area contributed by atoms with Gasteiger partial charge in [-0.2, -0.15) is 0 Å². The Balaban J connectivity index is 2.70. The molecular formula is C13H18ClNO. The molecule has 0 aromatic heterocycles. The highest BCUT2D eigenvalue weighted by Crippen LogP contribution is 2.17. The molecule has 0 saturated carbocycles. The minimum Gasteiger partial charge on any atom is -0.305 e. The molecule has 0 fully saturated rings. The van der Waals surface area contributed by atoms with Crippen LogP contribution in [-0.4, -0.2) is 17.9 Å². The van der Waals surface area contributed by atoms with E-state index in [-0.39, 0.29) is 11.3 Å². The lowest BCUT2D eigenvalue weighted by atomic mass is 10.1. The fraction of sp³-hybridized carbons (Fsp3) is 0.462. The number of aryl methyl sites for hydroxylation is 1. The molecule has 1 aromatic rings. The van der Waals surface area contributed by atoms with E-state index in [2.05, 4.69) is 5.32 Å². The maximum absolute atomic E-state index is 11.8. The average Bonchev–Trinajstić information content (AvgIpc) is 2.17. The molecule has 0 unspecified atom stereocenters. The standard InChI is InChI=1S/C13H18ClNO/c1-9-5-6-10(7-11(9)14)12(16)8-15-13(2,3)4/h5-7,15H,8H2,1-4H3. The van der Waals surface area contributed by atoms with Gasteiger partial charge in [0, 0.05) is 16.1 Å². The van der Waals surface area contributed by atoms with Gasteiger partial charge in [0.1, 0.15) is 0 Å². The summed E-state index contributed by atoms with van der Waals surface area (Å²) in [5.74, 6) is 0.0665. The maximum atomic E-state index is 11.8. The molecule has 2 nitrogen and oxygen atoms in total. The third kappa shape index (κ3) is 3.95. The van der Waals surface area contributed by atoms with Gasteiger partial charge in [0.05, 0.1) is 6.54 Å². The van der Waals surface area contributed by atoms with Crippen LogP contribution in [0.4, 0.5) is 0 Å². The molecule has 0 radical (unpaired) electrons. The SMILES string of the molecule is Cc1ccc(C(=O)CNC(C)(C)C)cc1Cl. The van der Waals surface area contributed by atoms with Crippen LogP contribution in [0, 0.1) is 6.92 Å². The van der Waals surface area contributed by atoms with E-state index >= 15 is 0 Å². The second-order valence-corrected chi connectivity index (χ2v) is 5.40. The van der Waals surface area contributed by atoms with Crippen molar-refractivity contribution >= 4 is 17.4 Å². The van der Waals surface area contributed by atoms with Crippen molar-refractivity contribution in [1.82, 2.24) is 5.32 Å². The van der Waals surface area contributed by atoms with Gasteiger partial charge in [0.2, 0.25) is 0 Å². The number of benzene rings is 1. The van der Waals surface area contributed by atoms with E-state index < -0.39 is 0 Å². The Morgan fingerprint density at radius 1 is 1.38 bits per heavy atom. The Labute approximate surface area is 102 Å². The highest BCUT2D eigenvalue weighted by molar-refractivity contribution is 6.31. The van der Waals surface area contributed by atoms with Crippen LogP contribution in [0.15, 0.2) is 18.2 Å². The number of nitrogens with one attached hydrogen (secondary N) is 1. The molecule has 0 aliphatic heterocycles. The molecule has 0 aliphatic carbocycles. The molecule has 0 bridgehead atoms. The van der Waals surface area contributed by atoms with Crippen molar-refractivity contribution in [2.45, 2.75) is 33.2 Å². The summed E-state index contributed by atoms with van der Waals surface area (Å²) in [4.78, 5) is 11.8. The normalized spacial score (nSPS) is 11.6. The van der Waals surface area contributed by atoms with Crippen molar-refractivity contribution in [2.75, 3.05) is 6.54 Å². The molecule has 1 N–H and O–H groups in total. The van der Waals surface area contributed by atoms with Crippen molar-refractivity contribution < 1.29 is 4.79 Å². The third-order valence-corrected chi connectivity index (χ3v) is 2.68. The average molecular weight is 240 g/mol. The van der Waals surface area contributed by atoms with E-state index in [0.717, 1.165) is 5.56 Å². The van der Waals surface area contributed by atoms with Crippen molar-refractivity contribution in [3.05, 3.63) is 34.3 Å². The predicted molar refractivity (Wildman–Crippen MR) is 68.3 cm³/mol. The van der Waals surface area contributed by atoms with Crippen molar-refractivity contribution in [3.8, 4) is 0 Å². The molecule has 0 aliphatic rings. The van der Waals surface area contributed by atoms with Crippen LogP contribution < -0.4 is 5.32 Å². The minimum absolute atomic E-state index is 0.0514. The Bertz CT molecular complexity index is 393. The van der Waals surface area contributed by atoms with Gasteiger partial charge >= 0.3 is 0 Å². The smallest absolute Gasteiger partial charge is 0.176 e. The first-order valence-corrected chi connectivity index (χ1v) is 5.72. The predicted octanol–water partition coefficient (Wildman–Crippen LogP) is 3.22. The van der Waals surface area contributed by atoms with E-state index in [1.165, 1.54) is 0 Å². The number of ketones is 1. The Kier molecular flexibility index (Phi) is 4.11. The van der Waals surface area contributed by atoms with Crippen LogP contribution in [0.25, 0.3) is 0 Å². The van der Waals surface area contributed by atoms with E-state index in [9.17, 15) is 4.79 Å². The fourth-order valence-corrected chi connectivity index (χ4v) is 1.39. The number of hydrogen-bond acceptors (Lipinski definition) is 2. The largest absolute Gasteiger partial charge is 0.305 e. The van der Waals surface area contributed by atoms with Crippen molar-refractivity contribution in [3.63, 3.8) is 0 Å². The summed E-state index contributed by atoms with van der Waals surface area (Å²) in [6.07, 6.45) is 0. The van der Waals surface area contributed by atoms with Crippen LogP contribution in [-0.2, 0) is 0 Å². The molecule has 16 heavy (non-hydrogen) atoms. The lowest BCUT2D eigenvalue weighted by Gasteiger charge is -2.19. The van der Waals surface area contributed by atoms with Crippen molar-refractivity contribution in [1.29, 1.82) is 0 Å². The summed E-state index contributed by atoms with van der Waals surface area (Å²) in [5.41, 5.74) is 1.60. The van der Waals surface area contributed by atoms with Crippen LogP contribution in [0.1, 0.15) is 36.7 Å². The van der Waals surface area contributed by atoms with Crippen LogP contribution in [0.5, 0.6) is 0 Å². The second kappa shape index (κ2) is 4.98. The van der Waals surface area contributed by atoms with Gasteiger partial charge in [-0.25, -0.2) is 0 Å². The molecule has 1 aromatic carbocycles. The van der Waals surface area contributed by atoms with E-state index in [0.29, 0.717) is 17.1 Å². The molecular weight excluding hydrogens is 222 g/mol. The number of halogens is 1. The summed E-state index contributed by atoms with van der Waals surface area (Å²) in [6.45, 7) is 8.35. The molecule has 0 amide bonds. The van der Waals surface area contributed by atoms with Crippen LogP contribution in [0.3, 0.4) is 0 Å². The third-order valence-electron chi connectivity index (χ3n) is 2.27. The molecule has 1 rings (SSSR count). The molecule has 0 heterocycles. The Morgan fingerprint density at radius 3 is 2.50 bits per heavy atom. The van der Waals surface area contributed by atoms with E-state index in [1.54, 1.807) is 6.07 Å².